The summed E-state index contributed by atoms with van der Waals surface area (Å²) in [5.41, 5.74) is -1.21. The highest BCUT2D eigenvalue weighted by Gasteiger charge is 2.47. The van der Waals surface area contributed by atoms with Gasteiger partial charge in [-0.1, -0.05) is 0 Å². The van der Waals surface area contributed by atoms with E-state index < -0.39 is 70.5 Å². The molecule has 242 valence electrons. The van der Waals surface area contributed by atoms with Gasteiger partial charge in [-0.25, -0.2) is 27.5 Å². The maximum atomic E-state index is 14.4. The Balaban J connectivity index is 1.01. The third-order valence-electron chi connectivity index (χ3n) is 8.99. The first-order valence-electron chi connectivity index (χ1n) is 14.8. The molecule has 15 heteroatoms. The smallest absolute Gasteiger partial charge is 0.246 e. The van der Waals surface area contributed by atoms with Crippen molar-refractivity contribution in [3.05, 3.63) is 106 Å². The van der Waals surface area contributed by atoms with E-state index in [1.165, 1.54) is 0 Å². The van der Waals surface area contributed by atoms with E-state index in [0.717, 1.165) is 48.6 Å². The Bertz CT molecular complexity index is 2040. The predicted octanol–water partition coefficient (Wildman–Crippen LogP) is 4.77. The fourth-order valence-electron chi connectivity index (χ4n) is 6.37. The summed E-state index contributed by atoms with van der Waals surface area (Å²) < 4.78 is 67.4. The van der Waals surface area contributed by atoms with E-state index in [-0.39, 0.29) is 45.4 Å². The van der Waals surface area contributed by atoms with Crippen LogP contribution in [0.1, 0.15) is 54.9 Å². The van der Waals surface area contributed by atoms with E-state index >= 15 is 0 Å². The van der Waals surface area contributed by atoms with Crippen molar-refractivity contribution in [3.8, 4) is 22.9 Å². The van der Waals surface area contributed by atoms with Gasteiger partial charge in [0, 0.05) is 25.2 Å². The highest BCUT2D eigenvalue weighted by Crippen LogP contribution is 2.39. The van der Waals surface area contributed by atoms with E-state index in [2.05, 4.69) is 9.97 Å². The number of nitrogens with zero attached hydrogens (tertiary/aromatic N) is 5. The van der Waals surface area contributed by atoms with Crippen LogP contribution in [0.4, 0.5) is 17.6 Å². The molecule has 4 aliphatic rings. The van der Waals surface area contributed by atoms with Gasteiger partial charge in [0.05, 0.1) is 34.9 Å². The Kier molecular flexibility index (Phi) is 6.60. The number of benzene rings is 2. The molecule has 0 saturated carbocycles. The van der Waals surface area contributed by atoms with Crippen molar-refractivity contribution in [1.29, 1.82) is 0 Å². The standard InChI is InChI=1S/C33H21F4N5O6/c1-40(24-6-8-41(24)20-12-22(43)26-30(28(20)45)47-32(38-26)16-10-14(34)2-4-18(16)36)25-7-9-42(25)21-13-23(44)27-31(29(21)46)48-33(39-27)17-11-15(35)3-5-19(17)37/h2-5,10-13,24-25H,6-9H2,1H3. The molecule has 0 N–H and O–H groups in total. The Hall–Kier alpha value is -5.70. The van der Waals surface area contributed by atoms with Gasteiger partial charge >= 0.3 is 0 Å². The second-order valence-electron chi connectivity index (χ2n) is 11.7. The van der Waals surface area contributed by atoms with Gasteiger partial charge in [0.25, 0.3) is 0 Å². The number of hydrogen-bond acceptors (Lipinski definition) is 11. The molecule has 2 aromatic carbocycles. The summed E-state index contributed by atoms with van der Waals surface area (Å²) in [7, 11) is 1.77. The van der Waals surface area contributed by atoms with Crippen molar-refractivity contribution in [2.75, 3.05) is 20.1 Å². The molecular weight excluding hydrogens is 638 g/mol. The highest BCUT2D eigenvalue weighted by molar-refractivity contribution is 6.23. The fraction of sp³-hybridized carbons (Fsp3) is 0.212. The van der Waals surface area contributed by atoms with Crippen LogP contribution in [0.25, 0.3) is 22.9 Å². The third-order valence-corrected chi connectivity index (χ3v) is 8.99. The van der Waals surface area contributed by atoms with Gasteiger partial charge in [-0.2, -0.15) is 0 Å². The molecular formula is C33H21F4N5O6. The fourth-order valence-corrected chi connectivity index (χ4v) is 6.37. The van der Waals surface area contributed by atoms with Gasteiger partial charge < -0.3 is 18.6 Å². The number of aromatic nitrogens is 2. The van der Waals surface area contributed by atoms with E-state index in [0.29, 0.717) is 25.9 Å². The number of likely N-dealkylation sites (tertiary alicyclic amines) is 2. The van der Waals surface area contributed by atoms with Crippen molar-refractivity contribution in [2.24, 2.45) is 0 Å². The summed E-state index contributed by atoms with van der Waals surface area (Å²) in [6.45, 7) is 0.810. The molecule has 0 radical (unpaired) electrons. The van der Waals surface area contributed by atoms with Gasteiger partial charge in [-0.15, -0.1) is 0 Å². The maximum Gasteiger partial charge on any atom is 0.246 e. The van der Waals surface area contributed by atoms with Crippen LogP contribution in [0.5, 0.6) is 0 Å². The lowest BCUT2D eigenvalue weighted by Crippen LogP contribution is -2.66. The summed E-state index contributed by atoms with van der Waals surface area (Å²) in [4.78, 5) is 66.3. The zero-order valence-corrected chi connectivity index (χ0v) is 24.8. The van der Waals surface area contributed by atoms with Crippen LogP contribution < -0.4 is 0 Å². The summed E-state index contributed by atoms with van der Waals surface area (Å²) >= 11 is 0. The molecule has 48 heavy (non-hydrogen) atoms. The van der Waals surface area contributed by atoms with Gasteiger partial charge in [0.15, 0.2) is 11.4 Å². The molecule has 2 aliphatic heterocycles. The Labute approximate surface area is 267 Å². The van der Waals surface area contributed by atoms with Crippen LogP contribution in [0.3, 0.4) is 0 Å². The maximum absolute atomic E-state index is 14.4. The Morgan fingerprint density at radius 1 is 0.688 bits per heavy atom. The summed E-state index contributed by atoms with van der Waals surface area (Å²) in [5, 5.41) is 0. The number of rotatable bonds is 6. The minimum atomic E-state index is -0.841. The average molecular weight is 660 g/mol. The number of ketones is 4. The molecule has 2 fully saturated rings. The molecule has 2 atom stereocenters. The molecule has 4 aromatic rings. The SMILES string of the molecule is CN(C1CCN1C1=CC(=O)c2nc(-c3cc(F)ccc3F)oc2C1=O)C1CCN1C1=CC(=O)c2nc(-c3cc(F)ccc3F)oc2C1=O. The number of allylic oxidation sites excluding steroid dienone is 4. The zero-order valence-electron chi connectivity index (χ0n) is 24.8. The van der Waals surface area contributed by atoms with Crippen LogP contribution in [0, 0.1) is 23.3 Å². The third kappa shape index (κ3) is 4.45. The average Bonchev–Trinajstić information content (AvgIpc) is 3.66. The lowest BCUT2D eigenvalue weighted by Gasteiger charge is -2.56. The van der Waals surface area contributed by atoms with Crippen molar-refractivity contribution in [3.63, 3.8) is 0 Å². The first-order valence-corrected chi connectivity index (χ1v) is 14.8. The molecule has 11 nitrogen and oxygen atoms in total. The van der Waals surface area contributed by atoms with Crippen LogP contribution in [-0.4, -0.2) is 80.3 Å². The van der Waals surface area contributed by atoms with Crippen molar-refractivity contribution in [1.82, 2.24) is 24.7 Å². The normalized spacial score (nSPS) is 20.4. The second-order valence-corrected chi connectivity index (χ2v) is 11.7. The summed E-state index contributed by atoms with van der Waals surface area (Å²) in [6.07, 6.45) is 2.64. The Morgan fingerprint density at radius 3 is 1.48 bits per heavy atom. The number of fused-ring (bicyclic) bond motifs is 2. The molecule has 2 aliphatic carbocycles. The first kappa shape index (κ1) is 29.7. The number of carbonyl (C=O) groups excluding carboxylic acids is 4. The van der Waals surface area contributed by atoms with E-state index in [9.17, 15) is 36.7 Å². The largest absolute Gasteiger partial charge is 0.432 e. The molecule has 0 bridgehead atoms. The first-order chi connectivity index (χ1) is 23.0. The molecule has 2 unspecified atom stereocenters. The highest BCUT2D eigenvalue weighted by atomic mass is 19.1. The number of hydrogen-bond donors (Lipinski definition) is 0. The van der Waals surface area contributed by atoms with Crippen LogP contribution in [-0.2, 0) is 0 Å². The second kappa shape index (κ2) is 10.7. The number of halogens is 4. The quantitative estimate of drug-likeness (QED) is 0.265. The van der Waals surface area contributed by atoms with E-state index in [1.54, 1.807) is 16.8 Å². The molecule has 8 rings (SSSR count). The van der Waals surface area contributed by atoms with E-state index in [4.69, 9.17) is 8.83 Å². The van der Waals surface area contributed by atoms with Gasteiger partial charge in [-0.3, -0.25) is 24.1 Å². The van der Waals surface area contributed by atoms with Crippen molar-refractivity contribution >= 4 is 23.1 Å². The van der Waals surface area contributed by atoms with Gasteiger partial charge in [0.1, 0.15) is 23.3 Å². The lowest BCUT2D eigenvalue weighted by molar-refractivity contribution is -0.0904. The number of carbonyl (C=O) groups is 4. The molecule has 2 saturated heterocycles. The van der Waals surface area contributed by atoms with Crippen molar-refractivity contribution in [2.45, 2.75) is 25.2 Å². The van der Waals surface area contributed by atoms with Crippen LogP contribution >= 0.6 is 0 Å². The molecule has 4 heterocycles. The van der Waals surface area contributed by atoms with Crippen molar-refractivity contribution < 1.29 is 45.6 Å². The number of Topliss-reactive ketones (excluding diaryl/α,β-unsaturated/α-hetero) is 2. The minimum Gasteiger partial charge on any atom is -0.432 e. The summed E-state index contributed by atoms with van der Waals surface area (Å²) in [5.74, 6) is -7.34. The topological polar surface area (TPSA) is 130 Å². The number of oxazole rings is 2. The van der Waals surface area contributed by atoms with E-state index in [1.807, 2.05) is 4.90 Å². The lowest BCUT2D eigenvalue weighted by atomic mass is 9.95. The minimum absolute atomic E-state index is 0.0374. The van der Waals surface area contributed by atoms with Crippen LogP contribution in [0.2, 0.25) is 0 Å². The predicted molar refractivity (Wildman–Crippen MR) is 155 cm³/mol. The molecule has 2 aromatic heterocycles. The Morgan fingerprint density at radius 2 is 1.10 bits per heavy atom. The summed E-state index contributed by atoms with van der Waals surface area (Å²) in [6, 6.07) is 5.31. The molecule has 0 spiro atoms. The van der Waals surface area contributed by atoms with Gasteiger partial charge in [0.2, 0.25) is 46.4 Å². The monoisotopic (exact) mass is 659 g/mol. The van der Waals surface area contributed by atoms with Gasteiger partial charge in [-0.05, 0) is 56.3 Å². The molecule has 0 amide bonds. The zero-order chi connectivity index (χ0) is 33.6. The van der Waals surface area contributed by atoms with Crippen LogP contribution in [0.15, 0.2) is 68.8 Å².